The quantitative estimate of drug-likeness (QED) is 0.619. The average molecular weight is 351 g/mol. The molecule has 1 unspecified atom stereocenters. The van der Waals surface area contributed by atoms with Crippen molar-refractivity contribution >= 4 is 22.7 Å². The molecule has 1 aliphatic carbocycles. The zero-order valence-electron chi connectivity index (χ0n) is 14.8. The molecule has 0 fully saturated rings. The van der Waals surface area contributed by atoms with Crippen LogP contribution >= 0.6 is 0 Å². The number of hydrogen-bond donors (Lipinski definition) is 3. The molecule has 2 amide bonds. The number of hydrazine groups is 1. The van der Waals surface area contributed by atoms with Gasteiger partial charge in [-0.3, -0.25) is 20.4 Å². The summed E-state index contributed by atoms with van der Waals surface area (Å²) in [5.74, 6) is 0.398. The molecule has 3 aromatic rings. The molecule has 3 N–H and O–H groups in total. The second-order valence-corrected chi connectivity index (χ2v) is 6.96. The zero-order valence-corrected chi connectivity index (χ0v) is 14.8. The molecule has 0 saturated heterocycles. The number of aryl methyl sites for hydroxylation is 2. The minimum absolute atomic E-state index is 0.350. The molecule has 1 aromatic carbocycles. The number of carbonyl (C=O) groups is 2. The smallest absolute Gasteiger partial charge is 0.273 e. The van der Waals surface area contributed by atoms with Crippen LogP contribution in [0, 0.1) is 12.8 Å². The number of aromatic nitrogens is 1. The summed E-state index contributed by atoms with van der Waals surface area (Å²) in [5, 5.41) is 1.09. The molecule has 0 saturated carbocycles. The van der Waals surface area contributed by atoms with Gasteiger partial charge in [-0.25, -0.2) is 0 Å². The Morgan fingerprint density at radius 3 is 2.65 bits per heavy atom. The second kappa shape index (κ2) is 6.37. The third-order valence-electron chi connectivity index (χ3n) is 5.11. The van der Waals surface area contributed by atoms with Crippen molar-refractivity contribution < 1.29 is 14.0 Å². The Bertz CT molecular complexity index is 999. The molecule has 4 rings (SSSR count). The van der Waals surface area contributed by atoms with Crippen molar-refractivity contribution in [3.63, 3.8) is 0 Å². The highest BCUT2D eigenvalue weighted by Gasteiger charge is 2.22. The van der Waals surface area contributed by atoms with Gasteiger partial charge in [0.2, 0.25) is 0 Å². The first-order valence-corrected chi connectivity index (χ1v) is 8.82. The van der Waals surface area contributed by atoms with E-state index in [0.717, 1.165) is 30.2 Å². The number of H-pyrrole nitrogens is 1. The molecular formula is C20H21N3O3. The molecule has 134 valence electrons. The van der Waals surface area contributed by atoms with E-state index in [1.165, 1.54) is 17.5 Å². The van der Waals surface area contributed by atoms with Gasteiger partial charge in [-0.15, -0.1) is 0 Å². The first kappa shape index (κ1) is 16.4. The van der Waals surface area contributed by atoms with E-state index in [4.69, 9.17) is 4.42 Å². The predicted octanol–water partition coefficient (Wildman–Crippen LogP) is 3.27. The normalized spacial score (nSPS) is 16.3. The number of benzene rings is 1. The fourth-order valence-electron chi connectivity index (χ4n) is 3.67. The fraction of sp³-hybridized carbons (Fsp3) is 0.300. The number of furan rings is 1. The van der Waals surface area contributed by atoms with E-state index in [1.54, 1.807) is 19.1 Å². The highest BCUT2D eigenvalue weighted by molar-refractivity contribution is 6.07. The van der Waals surface area contributed by atoms with E-state index < -0.39 is 5.91 Å². The number of rotatable bonds is 2. The zero-order chi connectivity index (χ0) is 18.3. The highest BCUT2D eigenvalue weighted by atomic mass is 16.3. The molecule has 0 spiro atoms. The van der Waals surface area contributed by atoms with Gasteiger partial charge in [-0.05, 0) is 49.8 Å². The summed E-state index contributed by atoms with van der Waals surface area (Å²) >= 11 is 0. The molecule has 2 heterocycles. The van der Waals surface area contributed by atoms with Crippen LogP contribution in [-0.4, -0.2) is 16.8 Å². The number of carbonyl (C=O) groups excluding carboxylic acids is 2. The lowest BCUT2D eigenvalue weighted by atomic mass is 9.87. The Kier molecular flexibility index (Phi) is 4.03. The van der Waals surface area contributed by atoms with Crippen molar-refractivity contribution in [2.75, 3.05) is 0 Å². The summed E-state index contributed by atoms with van der Waals surface area (Å²) in [5.41, 5.74) is 9.22. The molecule has 0 radical (unpaired) electrons. The first-order valence-electron chi connectivity index (χ1n) is 8.82. The van der Waals surface area contributed by atoms with E-state index in [1.807, 2.05) is 12.1 Å². The van der Waals surface area contributed by atoms with Crippen LogP contribution in [-0.2, 0) is 12.8 Å². The summed E-state index contributed by atoms with van der Waals surface area (Å²) in [4.78, 5) is 28.2. The largest absolute Gasteiger partial charge is 0.469 e. The van der Waals surface area contributed by atoms with Crippen molar-refractivity contribution in [1.29, 1.82) is 0 Å². The molecule has 1 atom stereocenters. The molecule has 2 aromatic heterocycles. The van der Waals surface area contributed by atoms with E-state index in [0.29, 0.717) is 22.8 Å². The van der Waals surface area contributed by atoms with Gasteiger partial charge in [0.25, 0.3) is 11.8 Å². The lowest BCUT2D eigenvalue weighted by Crippen LogP contribution is -2.41. The van der Waals surface area contributed by atoms with Gasteiger partial charge in [0.15, 0.2) is 0 Å². The Labute approximate surface area is 150 Å². The van der Waals surface area contributed by atoms with Crippen LogP contribution < -0.4 is 10.9 Å². The molecule has 1 aliphatic rings. The van der Waals surface area contributed by atoms with E-state index in [2.05, 4.69) is 22.8 Å². The average Bonchev–Trinajstić information content (AvgIpc) is 3.22. The van der Waals surface area contributed by atoms with E-state index in [9.17, 15) is 9.59 Å². The maximum atomic E-state index is 12.6. The lowest BCUT2D eigenvalue weighted by Gasteiger charge is -2.17. The standard InChI is InChI=1S/C20H21N3O3/c1-11-6-7-17-16(10-11)14-4-3-5-15(18(14)21-17)20(25)23-22-19(24)13-8-9-26-12(13)2/h3-5,8-9,11,21H,6-7,10H2,1-2H3,(H,22,24)(H,23,25). The maximum Gasteiger partial charge on any atom is 0.273 e. The number of aromatic amines is 1. The Morgan fingerprint density at radius 2 is 1.92 bits per heavy atom. The second-order valence-electron chi connectivity index (χ2n) is 6.96. The van der Waals surface area contributed by atoms with Gasteiger partial charge in [-0.1, -0.05) is 19.1 Å². The Hall–Kier alpha value is -3.02. The molecule has 0 aliphatic heterocycles. The van der Waals surface area contributed by atoms with Gasteiger partial charge < -0.3 is 9.40 Å². The van der Waals surface area contributed by atoms with Crippen molar-refractivity contribution in [3.05, 3.63) is 58.7 Å². The van der Waals surface area contributed by atoms with Crippen molar-refractivity contribution in [2.24, 2.45) is 5.92 Å². The molecular weight excluding hydrogens is 330 g/mol. The van der Waals surface area contributed by atoms with Crippen molar-refractivity contribution in [2.45, 2.75) is 33.1 Å². The molecule has 0 bridgehead atoms. The van der Waals surface area contributed by atoms with Crippen molar-refractivity contribution in [3.8, 4) is 0 Å². The summed E-state index contributed by atoms with van der Waals surface area (Å²) in [6.45, 7) is 3.95. The van der Waals surface area contributed by atoms with Crippen LogP contribution in [0.2, 0.25) is 0 Å². The molecule has 26 heavy (non-hydrogen) atoms. The van der Waals surface area contributed by atoms with Gasteiger partial charge in [0, 0.05) is 11.1 Å². The van der Waals surface area contributed by atoms with Crippen molar-refractivity contribution in [1.82, 2.24) is 15.8 Å². The maximum absolute atomic E-state index is 12.6. The number of para-hydroxylation sites is 1. The minimum atomic E-state index is -0.406. The van der Waals surface area contributed by atoms with Crippen LogP contribution in [0.1, 0.15) is 51.1 Å². The van der Waals surface area contributed by atoms with Crippen LogP contribution in [0.4, 0.5) is 0 Å². The van der Waals surface area contributed by atoms with E-state index in [-0.39, 0.29) is 5.91 Å². The van der Waals surface area contributed by atoms with Crippen LogP contribution in [0.15, 0.2) is 34.9 Å². The number of hydrogen-bond acceptors (Lipinski definition) is 3. The fourth-order valence-corrected chi connectivity index (χ4v) is 3.67. The summed E-state index contributed by atoms with van der Waals surface area (Å²) < 4.78 is 5.11. The van der Waals surface area contributed by atoms with Crippen LogP contribution in [0.25, 0.3) is 10.9 Å². The van der Waals surface area contributed by atoms with Crippen LogP contribution in [0.5, 0.6) is 0 Å². The Balaban J connectivity index is 1.57. The van der Waals surface area contributed by atoms with Gasteiger partial charge >= 0.3 is 0 Å². The topological polar surface area (TPSA) is 87.1 Å². The summed E-state index contributed by atoms with van der Waals surface area (Å²) in [6.07, 6.45) is 4.62. The summed E-state index contributed by atoms with van der Waals surface area (Å²) in [7, 11) is 0. The number of amides is 2. The van der Waals surface area contributed by atoms with Gasteiger partial charge in [0.1, 0.15) is 5.76 Å². The SMILES string of the molecule is Cc1occc1C(=O)NNC(=O)c1cccc2c3c([nH]c12)CCC(C)C3. The first-order chi connectivity index (χ1) is 12.5. The third kappa shape index (κ3) is 2.77. The highest BCUT2D eigenvalue weighted by Crippen LogP contribution is 2.32. The third-order valence-corrected chi connectivity index (χ3v) is 5.11. The molecule has 6 nitrogen and oxygen atoms in total. The van der Waals surface area contributed by atoms with Gasteiger partial charge in [0.05, 0.1) is 22.9 Å². The van der Waals surface area contributed by atoms with Crippen LogP contribution in [0.3, 0.4) is 0 Å². The number of fused-ring (bicyclic) bond motifs is 3. The van der Waals surface area contributed by atoms with Gasteiger partial charge in [-0.2, -0.15) is 0 Å². The van der Waals surface area contributed by atoms with E-state index >= 15 is 0 Å². The number of nitrogens with one attached hydrogen (secondary N) is 3. The lowest BCUT2D eigenvalue weighted by molar-refractivity contribution is 0.0846. The Morgan fingerprint density at radius 1 is 1.15 bits per heavy atom. The summed E-state index contributed by atoms with van der Waals surface area (Å²) in [6, 6.07) is 7.26. The predicted molar refractivity (Wildman–Crippen MR) is 97.9 cm³/mol. The molecule has 6 heteroatoms. The monoisotopic (exact) mass is 351 g/mol. The minimum Gasteiger partial charge on any atom is -0.469 e.